The van der Waals surface area contributed by atoms with Crippen molar-refractivity contribution in [2.24, 2.45) is 0 Å². The standard InChI is InChI=1S/C15H21N3/c1-4-9-16-13(3)14-7-5-6-8-15(14)18-11-12(2)10-17-18/h5-8,10-11,13,16H,4,9H2,1-3H3. The third-order valence-corrected chi connectivity index (χ3v) is 3.06. The van der Waals surface area contributed by atoms with Gasteiger partial charge in [0, 0.05) is 12.2 Å². The predicted molar refractivity (Wildman–Crippen MR) is 75.0 cm³/mol. The normalized spacial score (nSPS) is 12.6. The lowest BCUT2D eigenvalue weighted by Gasteiger charge is -2.17. The monoisotopic (exact) mass is 243 g/mol. The fourth-order valence-electron chi connectivity index (χ4n) is 2.08. The number of aromatic nitrogens is 2. The molecular weight excluding hydrogens is 222 g/mol. The molecule has 0 amide bonds. The summed E-state index contributed by atoms with van der Waals surface area (Å²) in [5.74, 6) is 0. The highest BCUT2D eigenvalue weighted by Crippen LogP contribution is 2.21. The smallest absolute Gasteiger partial charge is 0.0693 e. The van der Waals surface area contributed by atoms with Crippen LogP contribution in [0, 0.1) is 6.92 Å². The van der Waals surface area contributed by atoms with Gasteiger partial charge in [-0.3, -0.25) is 0 Å². The van der Waals surface area contributed by atoms with E-state index in [1.807, 2.05) is 10.9 Å². The maximum Gasteiger partial charge on any atom is 0.0693 e. The maximum absolute atomic E-state index is 4.40. The fraction of sp³-hybridized carbons (Fsp3) is 0.400. The summed E-state index contributed by atoms with van der Waals surface area (Å²) in [4.78, 5) is 0. The molecule has 3 heteroatoms. The first-order chi connectivity index (χ1) is 8.72. The molecule has 1 unspecified atom stereocenters. The molecule has 0 bridgehead atoms. The lowest BCUT2D eigenvalue weighted by Crippen LogP contribution is -2.20. The maximum atomic E-state index is 4.40. The number of hydrogen-bond donors (Lipinski definition) is 1. The predicted octanol–water partition coefficient (Wildman–Crippen LogP) is 3.24. The van der Waals surface area contributed by atoms with Crippen molar-refractivity contribution in [3.05, 3.63) is 47.8 Å². The first-order valence-corrected chi connectivity index (χ1v) is 6.56. The van der Waals surface area contributed by atoms with Crippen LogP contribution < -0.4 is 5.32 Å². The third kappa shape index (κ3) is 2.79. The van der Waals surface area contributed by atoms with Gasteiger partial charge in [-0.15, -0.1) is 0 Å². The van der Waals surface area contributed by atoms with Crippen LogP contribution in [0.2, 0.25) is 0 Å². The van der Waals surface area contributed by atoms with E-state index in [1.54, 1.807) is 0 Å². The summed E-state index contributed by atoms with van der Waals surface area (Å²) >= 11 is 0. The van der Waals surface area contributed by atoms with E-state index in [-0.39, 0.29) is 0 Å². The van der Waals surface area contributed by atoms with Crippen molar-refractivity contribution in [2.75, 3.05) is 6.54 Å². The lowest BCUT2D eigenvalue weighted by atomic mass is 10.1. The summed E-state index contributed by atoms with van der Waals surface area (Å²) in [5.41, 5.74) is 3.62. The number of benzene rings is 1. The number of hydrogen-bond acceptors (Lipinski definition) is 2. The van der Waals surface area contributed by atoms with Crippen LogP contribution in [0.3, 0.4) is 0 Å². The molecule has 2 aromatic rings. The topological polar surface area (TPSA) is 29.9 Å². The van der Waals surface area contributed by atoms with E-state index in [4.69, 9.17) is 0 Å². The Labute approximate surface area is 109 Å². The van der Waals surface area contributed by atoms with Gasteiger partial charge in [0.1, 0.15) is 0 Å². The van der Waals surface area contributed by atoms with E-state index in [9.17, 15) is 0 Å². The SMILES string of the molecule is CCCNC(C)c1ccccc1-n1cc(C)cn1. The minimum Gasteiger partial charge on any atom is -0.310 e. The van der Waals surface area contributed by atoms with E-state index in [1.165, 1.54) is 11.1 Å². The fourth-order valence-corrected chi connectivity index (χ4v) is 2.08. The van der Waals surface area contributed by atoms with E-state index >= 15 is 0 Å². The molecule has 3 nitrogen and oxygen atoms in total. The van der Waals surface area contributed by atoms with Gasteiger partial charge in [-0.05, 0) is 44.0 Å². The van der Waals surface area contributed by atoms with Gasteiger partial charge in [-0.2, -0.15) is 5.10 Å². The van der Waals surface area contributed by atoms with Crippen molar-refractivity contribution >= 4 is 0 Å². The molecule has 2 rings (SSSR count). The summed E-state index contributed by atoms with van der Waals surface area (Å²) in [6.45, 7) is 7.48. The second-order valence-electron chi connectivity index (χ2n) is 4.70. The van der Waals surface area contributed by atoms with Crippen LogP contribution in [0.5, 0.6) is 0 Å². The van der Waals surface area contributed by atoms with Crippen LogP contribution in [-0.4, -0.2) is 16.3 Å². The number of para-hydroxylation sites is 1. The molecule has 0 radical (unpaired) electrons. The highest BCUT2D eigenvalue weighted by atomic mass is 15.3. The zero-order valence-electron chi connectivity index (χ0n) is 11.4. The number of nitrogens with one attached hydrogen (secondary N) is 1. The number of rotatable bonds is 5. The van der Waals surface area contributed by atoms with Crippen molar-refractivity contribution in [3.63, 3.8) is 0 Å². The summed E-state index contributed by atoms with van der Waals surface area (Å²) < 4.78 is 1.95. The molecule has 1 aromatic carbocycles. The molecule has 0 saturated carbocycles. The molecule has 0 aliphatic rings. The zero-order valence-corrected chi connectivity index (χ0v) is 11.4. The van der Waals surface area contributed by atoms with E-state index in [0.29, 0.717) is 6.04 Å². The van der Waals surface area contributed by atoms with Gasteiger partial charge in [0.15, 0.2) is 0 Å². The second kappa shape index (κ2) is 5.83. The summed E-state index contributed by atoms with van der Waals surface area (Å²) in [6, 6.07) is 8.76. The van der Waals surface area contributed by atoms with Gasteiger partial charge in [0.25, 0.3) is 0 Å². The minimum atomic E-state index is 0.339. The van der Waals surface area contributed by atoms with Gasteiger partial charge in [-0.1, -0.05) is 25.1 Å². The second-order valence-corrected chi connectivity index (χ2v) is 4.70. The average Bonchev–Trinajstić information content (AvgIpc) is 2.82. The summed E-state index contributed by atoms with van der Waals surface area (Å²) in [6.07, 6.45) is 5.10. The van der Waals surface area contributed by atoms with Crippen LogP contribution in [0.15, 0.2) is 36.7 Å². The molecule has 96 valence electrons. The van der Waals surface area contributed by atoms with Crippen molar-refractivity contribution in [3.8, 4) is 5.69 Å². The Kier molecular flexibility index (Phi) is 4.15. The quantitative estimate of drug-likeness (QED) is 0.873. The first kappa shape index (κ1) is 12.8. The molecule has 0 aliphatic carbocycles. The van der Waals surface area contributed by atoms with Crippen molar-refractivity contribution in [1.82, 2.24) is 15.1 Å². The van der Waals surface area contributed by atoms with Crippen molar-refractivity contribution in [2.45, 2.75) is 33.2 Å². The molecule has 18 heavy (non-hydrogen) atoms. The molecule has 1 heterocycles. The molecule has 0 spiro atoms. The summed E-state index contributed by atoms with van der Waals surface area (Å²) in [5, 5.41) is 7.92. The Bertz CT molecular complexity index is 502. The minimum absolute atomic E-state index is 0.339. The van der Waals surface area contributed by atoms with Gasteiger partial charge in [0.05, 0.1) is 11.9 Å². The van der Waals surface area contributed by atoms with Crippen molar-refractivity contribution in [1.29, 1.82) is 0 Å². The molecule has 1 aromatic heterocycles. The van der Waals surface area contributed by atoms with E-state index < -0.39 is 0 Å². The highest BCUT2D eigenvalue weighted by molar-refractivity contribution is 5.42. The van der Waals surface area contributed by atoms with Crippen LogP contribution in [0.1, 0.15) is 37.4 Å². The Balaban J connectivity index is 2.30. The molecular formula is C15H21N3. The lowest BCUT2D eigenvalue weighted by molar-refractivity contribution is 0.567. The summed E-state index contributed by atoms with van der Waals surface area (Å²) in [7, 11) is 0. The zero-order chi connectivity index (χ0) is 13.0. The Morgan fingerprint density at radius 2 is 2.11 bits per heavy atom. The van der Waals surface area contributed by atoms with E-state index in [0.717, 1.165) is 18.7 Å². The third-order valence-electron chi connectivity index (χ3n) is 3.06. The highest BCUT2D eigenvalue weighted by Gasteiger charge is 2.11. The molecule has 1 N–H and O–H groups in total. The molecule has 0 fully saturated rings. The van der Waals surface area contributed by atoms with E-state index in [2.05, 4.69) is 61.6 Å². The van der Waals surface area contributed by atoms with Gasteiger partial charge < -0.3 is 5.32 Å². The average molecular weight is 243 g/mol. The van der Waals surface area contributed by atoms with Gasteiger partial charge in [-0.25, -0.2) is 4.68 Å². The largest absolute Gasteiger partial charge is 0.310 e. The number of nitrogens with zero attached hydrogens (tertiary/aromatic N) is 2. The Hall–Kier alpha value is -1.61. The number of aryl methyl sites for hydroxylation is 1. The molecule has 0 saturated heterocycles. The van der Waals surface area contributed by atoms with Gasteiger partial charge >= 0.3 is 0 Å². The van der Waals surface area contributed by atoms with Crippen molar-refractivity contribution < 1.29 is 0 Å². The Morgan fingerprint density at radius 1 is 1.33 bits per heavy atom. The first-order valence-electron chi connectivity index (χ1n) is 6.56. The van der Waals surface area contributed by atoms with Crippen LogP contribution in [0.4, 0.5) is 0 Å². The molecule has 0 aliphatic heterocycles. The van der Waals surface area contributed by atoms with Crippen LogP contribution in [0.25, 0.3) is 5.69 Å². The van der Waals surface area contributed by atoms with Crippen LogP contribution in [-0.2, 0) is 0 Å². The Morgan fingerprint density at radius 3 is 2.78 bits per heavy atom. The van der Waals surface area contributed by atoms with Crippen LogP contribution >= 0.6 is 0 Å². The van der Waals surface area contributed by atoms with Gasteiger partial charge in [0.2, 0.25) is 0 Å². The molecule has 1 atom stereocenters.